The number of aliphatic hydroxyl groups excluding tert-OH is 1. The van der Waals surface area contributed by atoms with Crippen molar-refractivity contribution < 1.29 is 23.8 Å². The molecule has 1 aromatic carbocycles. The molecule has 1 N–H and O–H groups in total. The van der Waals surface area contributed by atoms with Crippen LogP contribution in [0.2, 0.25) is 0 Å². The van der Waals surface area contributed by atoms with Crippen molar-refractivity contribution in [2.24, 2.45) is 0 Å². The Hall–Kier alpha value is -4.01. The maximum atomic E-state index is 14.2. The number of pyridine rings is 1. The second-order valence-corrected chi connectivity index (χ2v) is 7.25. The average Bonchev–Trinajstić information content (AvgIpc) is 3.41. The van der Waals surface area contributed by atoms with Crippen LogP contribution < -0.4 is 4.74 Å². The van der Waals surface area contributed by atoms with Gasteiger partial charge in [-0.25, -0.2) is 9.37 Å². The number of ether oxygens (including phenoxy) is 1. The van der Waals surface area contributed by atoms with Gasteiger partial charge in [-0.2, -0.15) is 0 Å². The minimum Gasteiger partial charge on any atom is -0.507 e. The van der Waals surface area contributed by atoms with Gasteiger partial charge in [0.05, 0.1) is 24.7 Å². The van der Waals surface area contributed by atoms with Crippen molar-refractivity contribution in [3.63, 3.8) is 0 Å². The van der Waals surface area contributed by atoms with Crippen molar-refractivity contribution in [1.82, 2.24) is 19.4 Å². The van der Waals surface area contributed by atoms with Gasteiger partial charge >= 0.3 is 0 Å². The molecule has 1 aliphatic rings. The van der Waals surface area contributed by atoms with Crippen LogP contribution in [0, 0.1) is 5.82 Å². The zero-order chi connectivity index (χ0) is 22.7. The number of likely N-dealkylation sites (tertiary alicyclic amines) is 1. The van der Waals surface area contributed by atoms with Gasteiger partial charge < -0.3 is 19.3 Å². The highest BCUT2D eigenvalue weighted by molar-refractivity contribution is 6.46. The van der Waals surface area contributed by atoms with Crippen molar-refractivity contribution in [2.45, 2.75) is 19.0 Å². The van der Waals surface area contributed by atoms with Crippen LogP contribution in [0.25, 0.3) is 5.76 Å². The number of halogens is 1. The molecular weight excluding hydrogens is 415 g/mol. The molecule has 2 aromatic heterocycles. The number of Topliss-reactive ketones (excluding diaryl/α,β-unsaturated/α-hetero) is 1. The topological polar surface area (TPSA) is 97.6 Å². The van der Waals surface area contributed by atoms with Crippen LogP contribution in [-0.2, 0) is 16.1 Å². The van der Waals surface area contributed by atoms with E-state index >= 15 is 0 Å². The molecule has 3 aromatic rings. The van der Waals surface area contributed by atoms with Crippen LogP contribution in [-0.4, -0.2) is 49.9 Å². The Morgan fingerprint density at radius 2 is 2.03 bits per heavy atom. The number of amides is 1. The Morgan fingerprint density at radius 3 is 2.69 bits per heavy atom. The minimum absolute atomic E-state index is 0.00257. The van der Waals surface area contributed by atoms with Crippen molar-refractivity contribution in [3.8, 4) is 5.75 Å². The quantitative estimate of drug-likeness (QED) is 0.348. The highest BCUT2D eigenvalue weighted by atomic mass is 19.1. The molecule has 4 rings (SSSR count). The molecule has 8 nitrogen and oxygen atoms in total. The van der Waals surface area contributed by atoms with Gasteiger partial charge in [0.15, 0.2) is 11.6 Å². The second kappa shape index (κ2) is 9.01. The number of ketones is 1. The summed E-state index contributed by atoms with van der Waals surface area (Å²) in [7, 11) is 1.33. The molecule has 0 spiro atoms. The van der Waals surface area contributed by atoms with E-state index in [9.17, 15) is 19.1 Å². The van der Waals surface area contributed by atoms with Crippen LogP contribution in [0.5, 0.6) is 5.75 Å². The fourth-order valence-electron chi connectivity index (χ4n) is 3.77. The molecule has 0 aliphatic carbocycles. The fraction of sp³-hybridized carbons (Fsp3) is 0.217. The van der Waals surface area contributed by atoms with E-state index < -0.39 is 29.3 Å². The summed E-state index contributed by atoms with van der Waals surface area (Å²) >= 11 is 0. The van der Waals surface area contributed by atoms with E-state index in [1.165, 1.54) is 24.1 Å². The maximum absolute atomic E-state index is 14.2. The normalized spacial score (nSPS) is 17.7. The van der Waals surface area contributed by atoms with Gasteiger partial charge in [-0.3, -0.25) is 14.6 Å². The molecule has 0 radical (unpaired) electrons. The summed E-state index contributed by atoms with van der Waals surface area (Å²) in [6.45, 7) is 0.860. The highest BCUT2D eigenvalue weighted by Crippen LogP contribution is 2.39. The van der Waals surface area contributed by atoms with Crippen LogP contribution in [0.3, 0.4) is 0 Å². The molecule has 1 amide bonds. The third kappa shape index (κ3) is 3.96. The highest BCUT2D eigenvalue weighted by Gasteiger charge is 2.46. The van der Waals surface area contributed by atoms with Gasteiger partial charge in [0.2, 0.25) is 0 Å². The number of carbonyl (C=O) groups excluding carboxylic acids is 2. The monoisotopic (exact) mass is 436 g/mol. The summed E-state index contributed by atoms with van der Waals surface area (Å²) < 4.78 is 21.0. The van der Waals surface area contributed by atoms with Gasteiger partial charge in [-0.1, -0.05) is 6.07 Å². The summed E-state index contributed by atoms with van der Waals surface area (Å²) in [5.74, 6) is -2.72. The zero-order valence-corrected chi connectivity index (χ0v) is 17.3. The van der Waals surface area contributed by atoms with Gasteiger partial charge in [0.25, 0.3) is 11.7 Å². The van der Waals surface area contributed by atoms with E-state index in [-0.39, 0.29) is 23.4 Å². The third-order valence-corrected chi connectivity index (χ3v) is 5.31. The van der Waals surface area contributed by atoms with Crippen LogP contribution in [0.15, 0.2) is 66.9 Å². The summed E-state index contributed by atoms with van der Waals surface area (Å²) in [6, 6.07) is 8.09. The van der Waals surface area contributed by atoms with Gasteiger partial charge in [-0.15, -0.1) is 0 Å². The molecular formula is C23H21FN4O4. The largest absolute Gasteiger partial charge is 0.507 e. The first-order chi connectivity index (χ1) is 15.5. The molecule has 0 saturated carbocycles. The third-order valence-electron chi connectivity index (χ3n) is 5.31. The van der Waals surface area contributed by atoms with Crippen molar-refractivity contribution >= 4 is 17.4 Å². The lowest BCUT2D eigenvalue weighted by Crippen LogP contribution is -2.31. The predicted octanol–water partition coefficient (Wildman–Crippen LogP) is 2.94. The van der Waals surface area contributed by atoms with Gasteiger partial charge in [-0.05, 0) is 36.8 Å². The predicted molar refractivity (Wildman–Crippen MR) is 113 cm³/mol. The van der Waals surface area contributed by atoms with Gasteiger partial charge in [0, 0.05) is 37.2 Å². The lowest BCUT2D eigenvalue weighted by atomic mass is 9.98. The Morgan fingerprint density at radius 1 is 1.19 bits per heavy atom. The number of carbonyl (C=O) groups is 2. The molecule has 32 heavy (non-hydrogen) atoms. The lowest BCUT2D eigenvalue weighted by Gasteiger charge is -2.24. The van der Waals surface area contributed by atoms with Crippen LogP contribution >= 0.6 is 0 Å². The first kappa shape index (κ1) is 21.2. The van der Waals surface area contributed by atoms with E-state index in [2.05, 4.69) is 9.97 Å². The number of methoxy groups -OCH3 is 1. The number of benzene rings is 1. The van der Waals surface area contributed by atoms with E-state index in [1.807, 2.05) is 10.8 Å². The molecule has 1 atom stereocenters. The van der Waals surface area contributed by atoms with Gasteiger partial charge in [0.1, 0.15) is 11.8 Å². The zero-order valence-electron chi connectivity index (χ0n) is 17.3. The number of aliphatic hydroxyl groups is 1. The van der Waals surface area contributed by atoms with Crippen molar-refractivity contribution in [3.05, 3.63) is 84.0 Å². The second-order valence-electron chi connectivity index (χ2n) is 7.25. The number of aryl methyl sites for hydroxylation is 1. The standard InChI is InChI=1S/C23H21FN4O4/c1-32-18-7-6-15(13-16(18)24)21(29)19-20(17-5-2-3-8-26-17)28(23(31)22(19)30)11-4-10-27-12-9-25-14-27/h2-3,5-9,12-14,20,29H,4,10-11H2,1H3/t20-/m0/s1. The van der Waals surface area contributed by atoms with Crippen molar-refractivity contribution in [2.75, 3.05) is 13.7 Å². The minimum atomic E-state index is -0.885. The molecule has 1 fully saturated rings. The van der Waals surface area contributed by atoms with E-state index in [0.717, 1.165) is 6.07 Å². The average molecular weight is 436 g/mol. The van der Waals surface area contributed by atoms with E-state index in [0.29, 0.717) is 18.7 Å². The Labute approximate surface area is 183 Å². The summed E-state index contributed by atoms with van der Waals surface area (Å²) in [5.41, 5.74) is 0.381. The Bertz CT molecular complexity index is 1160. The number of hydrogen-bond donors (Lipinski definition) is 1. The number of hydrogen-bond acceptors (Lipinski definition) is 6. The number of imidazole rings is 1. The fourth-order valence-corrected chi connectivity index (χ4v) is 3.77. The van der Waals surface area contributed by atoms with E-state index in [1.54, 1.807) is 36.9 Å². The first-order valence-electron chi connectivity index (χ1n) is 10.00. The number of aromatic nitrogens is 3. The molecule has 0 unspecified atom stereocenters. The van der Waals surface area contributed by atoms with E-state index in [4.69, 9.17) is 4.74 Å². The summed E-state index contributed by atoms with van der Waals surface area (Å²) in [4.78, 5) is 35.5. The Kier molecular flexibility index (Phi) is 5.98. The number of rotatable bonds is 7. The molecule has 1 saturated heterocycles. The molecule has 9 heteroatoms. The smallest absolute Gasteiger partial charge is 0.295 e. The number of nitrogens with zero attached hydrogens (tertiary/aromatic N) is 4. The summed E-state index contributed by atoms with van der Waals surface area (Å²) in [5, 5.41) is 11.0. The molecule has 1 aliphatic heterocycles. The maximum Gasteiger partial charge on any atom is 0.295 e. The first-order valence-corrected chi connectivity index (χ1v) is 10.00. The lowest BCUT2D eigenvalue weighted by molar-refractivity contribution is -0.140. The SMILES string of the molecule is COc1ccc(C(O)=C2C(=O)C(=O)N(CCCn3ccnc3)[C@H]2c2ccccn2)cc1F. The molecule has 0 bridgehead atoms. The summed E-state index contributed by atoms with van der Waals surface area (Å²) in [6.07, 6.45) is 7.25. The van der Waals surface area contributed by atoms with Crippen LogP contribution in [0.1, 0.15) is 23.7 Å². The molecule has 3 heterocycles. The Balaban J connectivity index is 1.72. The molecule has 164 valence electrons. The van der Waals surface area contributed by atoms with Crippen LogP contribution in [0.4, 0.5) is 4.39 Å². The van der Waals surface area contributed by atoms with Crippen molar-refractivity contribution in [1.29, 1.82) is 0 Å².